The second kappa shape index (κ2) is 6.18. The second-order valence-electron chi connectivity index (χ2n) is 3.91. The molecular weight excluding hydrogens is 387 g/mol. The fraction of sp³-hybridized carbons (Fsp3) is 0.182. The maximum atomic E-state index is 12.1. The maximum absolute atomic E-state index is 12.1. The molecule has 0 saturated carbocycles. The summed E-state index contributed by atoms with van der Waals surface area (Å²) in [6.07, 6.45) is -0.0918. The molecule has 112 valence electrons. The van der Waals surface area contributed by atoms with Gasteiger partial charge in [0.1, 0.15) is 5.56 Å². The minimum atomic E-state index is -1.14. The van der Waals surface area contributed by atoms with Gasteiger partial charge < -0.3 is 4.84 Å². The molecule has 1 aromatic rings. The van der Waals surface area contributed by atoms with Gasteiger partial charge in [0.2, 0.25) is 0 Å². The molecule has 1 saturated heterocycles. The SMILES string of the molecule is O=C(ON1C(=O)CCC1=O)c1c(Cl)c(Cl)c(Cl)c(Cl)c1Cl. The van der Waals surface area contributed by atoms with Crippen LogP contribution in [-0.4, -0.2) is 22.8 Å². The summed E-state index contributed by atoms with van der Waals surface area (Å²) in [5, 5.41) is -0.748. The lowest BCUT2D eigenvalue weighted by Crippen LogP contribution is -2.32. The van der Waals surface area contributed by atoms with Crippen molar-refractivity contribution in [1.29, 1.82) is 0 Å². The number of hydrogen-bond donors (Lipinski definition) is 0. The molecule has 0 unspecified atom stereocenters. The minimum absolute atomic E-state index is 0.0459. The number of amides is 2. The van der Waals surface area contributed by atoms with Crippen LogP contribution in [0, 0.1) is 0 Å². The highest BCUT2D eigenvalue weighted by Gasteiger charge is 2.35. The summed E-state index contributed by atoms with van der Waals surface area (Å²) in [4.78, 5) is 39.5. The third-order valence-electron chi connectivity index (χ3n) is 2.59. The van der Waals surface area contributed by atoms with Gasteiger partial charge in [0.15, 0.2) is 0 Å². The van der Waals surface area contributed by atoms with Crippen molar-refractivity contribution in [1.82, 2.24) is 5.06 Å². The lowest BCUT2D eigenvalue weighted by Gasteiger charge is -2.15. The largest absolute Gasteiger partial charge is 0.367 e. The van der Waals surface area contributed by atoms with Crippen molar-refractivity contribution in [3.8, 4) is 0 Å². The van der Waals surface area contributed by atoms with Gasteiger partial charge in [-0.05, 0) is 0 Å². The van der Waals surface area contributed by atoms with E-state index in [9.17, 15) is 14.4 Å². The van der Waals surface area contributed by atoms with Crippen molar-refractivity contribution < 1.29 is 19.2 Å². The summed E-state index contributed by atoms with van der Waals surface area (Å²) in [5.41, 5.74) is -0.384. The van der Waals surface area contributed by atoms with Crippen LogP contribution in [0.4, 0.5) is 0 Å². The number of hydroxylamine groups is 2. The highest BCUT2D eigenvalue weighted by molar-refractivity contribution is 6.56. The molecule has 0 N–H and O–H groups in total. The van der Waals surface area contributed by atoms with Crippen LogP contribution in [0.1, 0.15) is 23.2 Å². The molecule has 0 aromatic heterocycles. The third-order valence-corrected chi connectivity index (χ3v) is 4.87. The van der Waals surface area contributed by atoms with Gasteiger partial charge in [-0.2, -0.15) is 0 Å². The molecule has 1 aliphatic rings. The van der Waals surface area contributed by atoms with Gasteiger partial charge in [-0.1, -0.05) is 58.0 Å². The fourth-order valence-corrected chi connectivity index (χ4v) is 2.86. The molecule has 21 heavy (non-hydrogen) atoms. The van der Waals surface area contributed by atoms with Crippen molar-refractivity contribution in [3.63, 3.8) is 0 Å². The first-order valence-corrected chi connectivity index (χ1v) is 7.24. The van der Waals surface area contributed by atoms with E-state index in [1.165, 1.54) is 0 Å². The Morgan fingerprint density at radius 2 is 1.19 bits per heavy atom. The highest BCUT2D eigenvalue weighted by Crippen LogP contribution is 2.44. The van der Waals surface area contributed by atoms with Crippen molar-refractivity contribution >= 4 is 75.8 Å². The number of carbonyl (C=O) groups is 3. The molecular formula is C11H4Cl5NO4. The number of hydrogen-bond acceptors (Lipinski definition) is 4. The van der Waals surface area contributed by atoms with Gasteiger partial charge >= 0.3 is 5.97 Å². The molecule has 2 amide bonds. The number of halogens is 5. The molecule has 2 rings (SSSR count). The molecule has 1 aromatic carbocycles. The van der Waals surface area contributed by atoms with E-state index in [4.69, 9.17) is 62.8 Å². The summed E-state index contributed by atoms with van der Waals surface area (Å²) in [5.74, 6) is -2.44. The van der Waals surface area contributed by atoms with Crippen LogP contribution in [0.3, 0.4) is 0 Å². The maximum Gasteiger partial charge on any atom is 0.367 e. The van der Waals surface area contributed by atoms with Gasteiger partial charge in [-0.3, -0.25) is 9.59 Å². The molecule has 0 aliphatic carbocycles. The number of nitrogens with zero attached hydrogens (tertiary/aromatic N) is 1. The van der Waals surface area contributed by atoms with Gasteiger partial charge in [0.05, 0.1) is 25.1 Å². The minimum Gasteiger partial charge on any atom is -0.325 e. The molecule has 0 atom stereocenters. The van der Waals surface area contributed by atoms with Gasteiger partial charge in [-0.15, -0.1) is 5.06 Å². The number of carbonyl (C=O) groups excluding carboxylic acids is 3. The van der Waals surface area contributed by atoms with Crippen LogP contribution in [-0.2, 0) is 14.4 Å². The third kappa shape index (κ3) is 2.94. The van der Waals surface area contributed by atoms with Crippen LogP contribution < -0.4 is 0 Å². The summed E-state index contributed by atoms with van der Waals surface area (Å²) in [6.45, 7) is 0. The van der Waals surface area contributed by atoms with Gasteiger partial charge in [0.25, 0.3) is 11.8 Å². The Bertz CT molecular complexity index is 630. The first-order valence-electron chi connectivity index (χ1n) is 5.35. The zero-order valence-corrected chi connectivity index (χ0v) is 13.7. The molecule has 1 fully saturated rings. The van der Waals surface area contributed by atoms with E-state index in [-0.39, 0.29) is 43.5 Å². The first-order chi connectivity index (χ1) is 9.75. The van der Waals surface area contributed by atoms with E-state index in [1.54, 1.807) is 0 Å². The number of rotatable bonds is 2. The van der Waals surface area contributed by atoms with E-state index in [1.807, 2.05) is 0 Å². The Kier molecular flexibility index (Phi) is 4.90. The average molecular weight is 391 g/mol. The predicted octanol–water partition coefficient (Wildman–Crippen LogP) is 4.17. The van der Waals surface area contributed by atoms with Crippen LogP contribution in [0.25, 0.3) is 0 Å². The Morgan fingerprint density at radius 3 is 1.62 bits per heavy atom. The standard InChI is InChI=1S/C11H4Cl5NO4/c12-6-5(7(13)9(15)10(16)8(6)14)11(20)21-17-3(18)1-2-4(17)19/h1-2H2. The van der Waals surface area contributed by atoms with E-state index in [0.29, 0.717) is 5.06 Å². The number of benzene rings is 1. The van der Waals surface area contributed by atoms with Crippen LogP contribution in [0.15, 0.2) is 0 Å². The van der Waals surface area contributed by atoms with Crippen LogP contribution in [0.2, 0.25) is 25.1 Å². The van der Waals surface area contributed by atoms with Crippen molar-refractivity contribution in [3.05, 3.63) is 30.7 Å². The Morgan fingerprint density at radius 1 is 0.810 bits per heavy atom. The fourth-order valence-electron chi connectivity index (χ4n) is 1.57. The zero-order chi connectivity index (χ0) is 15.9. The molecule has 5 nitrogen and oxygen atoms in total. The Balaban J connectivity index is 2.41. The van der Waals surface area contributed by atoms with Crippen molar-refractivity contribution in [2.45, 2.75) is 12.8 Å². The molecule has 0 spiro atoms. The lowest BCUT2D eigenvalue weighted by atomic mass is 10.2. The van der Waals surface area contributed by atoms with Crippen LogP contribution in [0.5, 0.6) is 0 Å². The molecule has 0 radical (unpaired) electrons. The Labute approximate surface area is 143 Å². The summed E-state index contributed by atoms with van der Waals surface area (Å²) in [7, 11) is 0. The van der Waals surface area contributed by atoms with E-state index in [2.05, 4.69) is 0 Å². The predicted molar refractivity (Wildman–Crippen MR) is 78.0 cm³/mol. The summed E-state index contributed by atoms with van der Waals surface area (Å²) < 4.78 is 0. The molecule has 0 bridgehead atoms. The zero-order valence-electron chi connectivity index (χ0n) is 9.88. The van der Waals surface area contributed by atoms with Gasteiger partial charge in [0, 0.05) is 12.8 Å². The quantitative estimate of drug-likeness (QED) is 0.431. The Hall–Kier alpha value is -0.720. The second-order valence-corrected chi connectivity index (χ2v) is 5.80. The highest BCUT2D eigenvalue weighted by atomic mass is 35.5. The van der Waals surface area contributed by atoms with E-state index >= 15 is 0 Å². The topological polar surface area (TPSA) is 63.7 Å². The first kappa shape index (κ1) is 16.6. The summed E-state index contributed by atoms with van der Waals surface area (Å²) in [6, 6.07) is 0. The monoisotopic (exact) mass is 389 g/mol. The molecule has 1 heterocycles. The van der Waals surface area contributed by atoms with Crippen molar-refractivity contribution in [2.24, 2.45) is 0 Å². The molecule has 1 aliphatic heterocycles. The lowest BCUT2D eigenvalue weighted by molar-refractivity contribution is -0.172. The summed E-state index contributed by atoms with van der Waals surface area (Å²) >= 11 is 29.2. The average Bonchev–Trinajstić information content (AvgIpc) is 2.75. The molecule has 10 heteroatoms. The smallest absolute Gasteiger partial charge is 0.325 e. The van der Waals surface area contributed by atoms with E-state index < -0.39 is 17.8 Å². The number of imide groups is 1. The normalized spacial score (nSPS) is 14.8. The van der Waals surface area contributed by atoms with Crippen LogP contribution >= 0.6 is 58.0 Å². The van der Waals surface area contributed by atoms with Gasteiger partial charge in [-0.25, -0.2) is 4.79 Å². The van der Waals surface area contributed by atoms with Crippen molar-refractivity contribution in [2.75, 3.05) is 0 Å². The van der Waals surface area contributed by atoms with E-state index in [0.717, 1.165) is 0 Å².